The monoisotopic (exact) mass is 398 g/mol. The summed E-state index contributed by atoms with van der Waals surface area (Å²) in [6, 6.07) is 7.94. The Balaban J connectivity index is 2.26. The summed E-state index contributed by atoms with van der Waals surface area (Å²) >= 11 is 0. The molecule has 0 radical (unpaired) electrons. The molecule has 0 spiro atoms. The number of carbonyl (C=O) groups is 2. The molecule has 5 nitrogen and oxygen atoms in total. The molecule has 0 aliphatic rings. The average Bonchev–Trinajstić information content (AvgIpc) is 2.63. The summed E-state index contributed by atoms with van der Waals surface area (Å²) in [6.07, 6.45) is -5.43. The van der Waals surface area contributed by atoms with Gasteiger partial charge in [-0.15, -0.1) is 0 Å². The van der Waals surface area contributed by atoms with Crippen molar-refractivity contribution in [3.05, 3.63) is 59.4 Å². The lowest BCUT2D eigenvalue weighted by Crippen LogP contribution is -2.35. The van der Waals surface area contributed by atoms with Gasteiger partial charge >= 0.3 is 12.3 Å². The number of ether oxygens (including phenoxy) is 1. The predicted molar refractivity (Wildman–Crippen MR) is 95.5 cm³/mol. The molecule has 0 unspecified atom stereocenters. The molecule has 0 saturated heterocycles. The highest BCUT2D eigenvalue weighted by Gasteiger charge is 2.35. The van der Waals surface area contributed by atoms with Crippen molar-refractivity contribution in [2.45, 2.75) is 25.4 Å². The number of methoxy groups -OCH3 is 1. The molecule has 0 aliphatic carbocycles. The molecule has 0 fully saturated rings. The van der Waals surface area contributed by atoms with E-state index in [0.29, 0.717) is 0 Å². The third-order valence-electron chi connectivity index (χ3n) is 4.13. The Morgan fingerprint density at radius 2 is 1.61 bits per heavy atom. The molecule has 150 valence electrons. The largest absolute Gasteiger partial charge is 0.453 e. The average molecular weight is 398 g/mol. The number of carbonyl (C=O) groups excluding carboxylic acids is 2. The van der Waals surface area contributed by atoms with Crippen LogP contribution in [0.5, 0.6) is 0 Å². The lowest BCUT2D eigenvalue weighted by molar-refractivity contribution is -0.137. The van der Waals surface area contributed by atoms with Gasteiger partial charge in [-0.2, -0.15) is 13.2 Å². The van der Waals surface area contributed by atoms with Crippen LogP contribution in [0.4, 0.5) is 33.7 Å². The Morgan fingerprint density at radius 1 is 0.964 bits per heavy atom. The molecule has 2 amide bonds. The van der Waals surface area contributed by atoms with Crippen LogP contribution in [0.15, 0.2) is 42.5 Å². The number of amides is 2. The van der Waals surface area contributed by atoms with E-state index in [1.807, 2.05) is 0 Å². The molecular formula is C19H18F4N2O3. The fraction of sp³-hybridized carbons (Fsp3) is 0.263. The Morgan fingerprint density at radius 3 is 2.21 bits per heavy atom. The van der Waals surface area contributed by atoms with Gasteiger partial charge < -0.3 is 10.1 Å². The molecule has 9 heteroatoms. The second-order valence-corrected chi connectivity index (χ2v) is 6.47. The van der Waals surface area contributed by atoms with Gasteiger partial charge in [-0.3, -0.25) is 10.1 Å². The van der Waals surface area contributed by atoms with Crippen molar-refractivity contribution in [1.82, 2.24) is 0 Å². The number of nitrogens with one attached hydrogen (secondary N) is 2. The summed E-state index contributed by atoms with van der Waals surface area (Å²) in [5.41, 5.74) is -2.09. The number of rotatable bonds is 4. The number of anilines is 2. The quantitative estimate of drug-likeness (QED) is 0.717. The first-order chi connectivity index (χ1) is 12.9. The lowest BCUT2D eigenvalue weighted by atomic mass is 9.83. The minimum atomic E-state index is -4.53. The summed E-state index contributed by atoms with van der Waals surface area (Å²) in [4.78, 5) is 23.9. The van der Waals surface area contributed by atoms with Crippen LogP contribution in [0.3, 0.4) is 0 Å². The Hall–Kier alpha value is -3.10. The van der Waals surface area contributed by atoms with E-state index in [4.69, 9.17) is 0 Å². The summed E-state index contributed by atoms with van der Waals surface area (Å²) in [7, 11) is 1.11. The van der Waals surface area contributed by atoms with E-state index < -0.39 is 35.0 Å². The molecule has 2 aromatic rings. The van der Waals surface area contributed by atoms with Crippen molar-refractivity contribution < 1.29 is 31.9 Å². The Kier molecular flexibility index (Phi) is 5.96. The fourth-order valence-electron chi connectivity index (χ4n) is 2.36. The summed E-state index contributed by atoms with van der Waals surface area (Å²) < 4.78 is 57.0. The normalized spacial score (nSPS) is 11.7. The minimum Gasteiger partial charge on any atom is -0.453 e. The molecule has 0 bridgehead atoms. The summed E-state index contributed by atoms with van der Waals surface area (Å²) in [6.45, 7) is 2.93. The molecule has 28 heavy (non-hydrogen) atoms. The second kappa shape index (κ2) is 7.87. The predicted octanol–water partition coefficient (Wildman–Crippen LogP) is 4.94. The zero-order valence-corrected chi connectivity index (χ0v) is 15.3. The molecule has 2 aromatic carbocycles. The Labute approximate surface area is 158 Å². The number of hydrogen-bond donors (Lipinski definition) is 2. The molecule has 0 heterocycles. The van der Waals surface area contributed by atoms with E-state index in [-0.39, 0.29) is 16.9 Å². The molecule has 2 N–H and O–H groups in total. The van der Waals surface area contributed by atoms with E-state index in [2.05, 4.69) is 15.4 Å². The van der Waals surface area contributed by atoms with Crippen molar-refractivity contribution in [2.24, 2.45) is 0 Å². The fourth-order valence-corrected chi connectivity index (χ4v) is 2.36. The first-order valence-electron chi connectivity index (χ1n) is 8.09. The van der Waals surface area contributed by atoms with Gasteiger partial charge in [0.25, 0.3) is 0 Å². The second-order valence-electron chi connectivity index (χ2n) is 6.47. The van der Waals surface area contributed by atoms with Crippen LogP contribution >= 0.6 is 0 Å². The molecule has 0 aliphatic heterocycles. The third-order valence-corrected chi connectivity index (χ3v) is 4.13. The highest BCUT2D eigenvalue weighted by molar-refractivity contribution is 5.99. The SMILES string of the molecule is COC(=O)Nc1cc(NC(=O)C(C)(C)c2cccc(C(F)(F)F)c2)ccc1F. The van der Waals surface area contributed by atoms with E-state index in [9.17, 15) is 27.2 Å². The molecule has 0 atom stereocenters. The minimum absolute atomic E-state index is 0.151. The smallest absolute Gasteiger partial charge is 0.416 e. The van der Waals surface area contributed by atoms with E-state index in [1.165, 1.54) is 38.1 Å². The molecule has 0 aromatic heterocycles. The summed E-state index contributed by atoms with van der Waals surface area (Å²) in [5.74, 6) is -1.36. The maximum absolute atomic E-state index is 13.8. The van der Waals surface area contributed by atoms with E-state index in [1.54, 1.807) is 0 Å². The van der Waals surface area contributed by atoms with Crippen molar-refractivity contribution in [1.29, 1.82) is 0 Å². The molecule has 2 rings (SSSR count). The maximum atomic E-state index is 13.8. The van der Waals surface area contributed by atoms with E-state index >= 15 is 0 Å². The highest BCUT2D eigenvalue weighted by atomic mass is 19.4. The van der Waals surface area contributed by atoms with E-state index in [0.717, 1.165) is 25.3 Å². The van der Waals surface area contributed by atoms with Crippen molar-refractivity contribution in [2.75, 3.05) is 17.7 Å². The van der Waals surface area contributed by atoms with Gasteiger partial charge in [0.05, 0.1) is 23.8 Å². The Bertz CT molecular complexity index is 895. The third kappa shape index (κ3) is 4.79. The van der Waals surface area contributed by atoms with Crippen LogP contribution in [0, 0.1) is 5.82 Å². The van der Waals surface area contributed by atoms with Gasteiger partial charge in [-0.25, -0.2) is 9.18 Å². The van der Waals surface area contributed by atoms with Crippen LogP contribution in [0.1, 0.15) is 25.0 Å². The van der Waals surface area contributed by atoms with Crippen LogP contribution in [0.2, 0.25) is 0 Å². The van der Waals surface area contributed by atoms with Gasteiger partial charge in [-0.05, 0) is 43.7 Å². The van der Waals surface area contributed by atoms with Gasteiger partial charge in [0, 0.05) is 5.69 Å². The van der Waals surface area contributed by atoms with Gasteiger partial charge in [0.2, 0.25) is 5.91 Å². The number of halogens is 4. The molecular weight excluding hydrogens is 380 g/mol. The first kappa shape index (κ1) is 21.2. The maximum Gasteiger partial charge on any atom is 0.416 e. The van der Waals surface area contributed by atoms with Crippen LogP contribution in [-0.4, -0.2) is 19.1 Å². The lowest BCUT2D eigenvalue weighted by Gasteiger charge is -2.25. The zero-order valence-electron chi connectivity index (χ0n) is 15.3. The zero-order chi connectivity index (χ0) is 21.1. The number of benzene rings is 2. The van der Waals surface area contributed by atoms with Gasteiger partial charge in [-0.1, -0.05) is 18.2 Å². The van der Waals surface area contributed by atoms with Crippen molar-refractivity contribution >= 4 is 23.4 Å². The van der Waals surface area contributed by atoms with Gasteiger partial charge in [0.15, 0.2) is 0 Å². The number of hydrogen-bond acceptors (Lipinski definition) is 3. The molecule has 0 saturated carbocycles. The highest BCUT2D eigenvalue weighted by Crippen LogP contribution is 2.33. The van der Waals surface area contributed by atoms with Gasteiger partial charge in [0.1, 0.15) is 5.82 Å². The standard InChI is InChI=1S/C19H18F4N2O3/c1-18(2,11-5-4-6-12(9-11)19(21,22)23)16(26)24-13-7-8-14(20)15(10-13)25-17(27)28-3/h4-10H,1-3H3,(H,24,26)(H,25,27). The van der Waals surface area contributed by atoms with Crippen LogP contribution in [0.25, 0.3) is 0 Å². The topological polar surface area (TPSA) is 67.4 Å². The van der Waals surface area contributed by atoms with Crippen LogP contribution in [-0.2, 0) is 21.1 Å². The van der Waals surface area contributed by atoms with Crippen molar-refractivity contribution in [3.63, 3.8) is 0 Å². The number of alkyl halides is 3. The summed E-state index contributed by atoms with van der Waals surface area (Å²) in [5, 5.41) is 4.67. The van der Waals surface area contributed by atoms with Crippen molar-refractivity contribution in [3.8, 4) is 0 Å². The first-order valence-corrected chi connectivity index (χ1v) is 8.09. The van der Waals surface area contributed by atoms with Crippen LogP contribution < -0.4 is 10.6 Å².